The van der Waals surface area contributed by atoms with Crippen LogP contribution in [-0.4, -0.2) is 19.6 Å². The average molecular weight is 346 g/mol. The van der Waals surface area contributed by atoms with Crippen LogP contribution in [0, 0.1) is 10.1 Å². The number of hydrogen-bond acceptors (Lipinski definition) is 6. The second kappa shape index (κ2) is 7.49. The number of primary sulfonamides is 1. The molecule has 0 aliphatic heterocycles. The van der Waals surface area contributed by atoms with Crippen LogP contribution in [0.4, 0.5) is 11.4 Å². The van der Waals surface area contributed by atoms with Gasteiger partial charge in [0.25, 0.3) is 5.69 Å². The van der Waals surface area contributed by atoms with Crippen LogP contribution in [0.3, 0.4) is 0 Å². The topological polar surface area (TPSA) is 128 Å². The van der Waals surface area contributed by atoms with E-state index in [1.807, 2.05) is 36.4 Å². The molecule has 0 saturated carbocycles. The van der Waals surface area contributed by atoms with Crippen molar-refractivity contribution in [2.45, 2.75) is 4.90 Å². The molecule has 0 saturated heterocycles. The largest absolute Gasteiger partial charge is 0.295 e. The second-order valence-corrected chi connectivity index (χ2v) is 6.20. The Morgan fingerprint density at radius 2 is 1.88 bits per heavy atom. The fraction of sp³-hybridized carbons (Fsp3) is 0. The van der Waals surface area contributed by atoms with Gasteiger partial charge in [-0.3, -0.25) is 15.5 Å². The van der Waals surface area contributed by atoms with Gasteiger partial charge in [-0.15, -0.1) is 0 Å². The minimum Gasteiger partial charge on any atom is -0.272 e. The lowest BCUT2D eigenvalue weighted by molar-refractivity contribution is -0.384. The van der Waals surface area contributed by atoms with Crippen LogP contribution < -0.4 is 10.6 Å². The van der Waals surface area contributed by atoms with Crippen molar-refractivity contribution in [3.05, 3.63) is 70.3 Å². The molecule has 0 radical (unpaired) electrons. The average Bonchev–Trinajstić information content (AvgIpc) is 2.54. The normalized spacial score (nSPS) is 11.9. The molecule has 2 rings (SSSR count). The summed E-state index contributed by atoms with van der Waals surface area (Å²) in [5.41, 5.74) is 3.09. The predicted molar refractivity (Wildman–Crippen MR) is 92.1 cm³/mol. The Bertz CT molecular complexity index is 893. The number of allylic oxidation sites excluding steroid dienone is 1. The van der Waals surface area contributed by atoms with Crippen LogP contribution >= 0.6 is 0 Å². The predicted octanol–water partition coefficient (Wildman–Crippen LogP) is 2.35. The fourth-order valence-corrected chi connectivity index (χ4v) is 2.34. The summed E-state index contributed by atoms with van der Waals surface area (Å²) in [5.74, 6) is 0. The molecule has 0 fully saturated rings. The molecule has 0 bridgehead atoms. The van der Waals surface area contributed by atoms with E-state index in [0.717, 1.165) is 11.6 Å². The van der Waals surface area contributed by atoms with Gasteiger partial charge in [-0.2, -0.15) is 5.10 Å². The molecule has 124 valence electrons. The van der Waals surface area contributed by atoms with E-state index in [4.69, 9.17) is 5.14 Å². The number of nitrogens with two attached hydrogens (primary N) is 1. The number of nitro benzene ring substituents is 1. The lowest BCUT2D eigenvalue weighted by Gasteiger charge is -2.03. The summed E-state index contributed by atoms with van der Waals surface area (Å²) in [6.45, 7) is 0. The zero-order valence-corrected chi connectivity index (χ0v) is 13.2. The number of nitrogens with one attached hydrogen (secondary N) is 1. The van der Waals surface area contributed by atoms with Gasteiger partial charge in [-0.25, -0.2) is 13.6 Å². The van der Waals surface area contributed by atoms with Gasteiger partial charge in [0, 0.05) is 12.3 Å². The lowest BCUT2D eigenvalue weighted by Crippen LogP contribution is -2.12. The van der Waals surface area contributed by atoms with E-state index in [0.29, 0.717) is 0 Å². The summed E-state index contributed by atoms with van der Waals surface area (Å²) in [5, 5.41) is 19.8. The maximum absolute atomic E-state index is 11.2. The third-order valence-corrected chi connectivity index (χ3v) is 3.84. The lowest BCUT2D eigenvalue weighted by atomic mass is 10.2. The van der Waals surface area contributed by atoms with Crippen molar-refractivity contribution in [2.24, 2.45) is 10.2 Å². The molecule has 0 amide bonds. The molecular formula is C15H14N4O4S. The summed E-state index contributed by atoms with van der Waals surface area (Å²) in [7, 11) is -4.02. The number of hydrogen-bond donors (Lipinski definition) is 2. The number of anilines is 1. The number of rotatable bonds is 6. The number of nitro groups is 1. The Balaban J connectivity index is 2.13. The standard InChI is InChI=1S/C15H14N4O4S/c16-24(22,23)13-8-9-14(15(11-13)19(20)21)18-17-10-4-7-12-5-2-1-3-6-12/h1-11,18H,(H2,16,22,23)/b7-4+,17-10-. The van der Waals surface area contributed by atoms with Gasteiger partial charge < -0.3 is 0 Å². The highest BCUT2D eigenvalue weighted by Gasteiger charge is 2.18. The minimum absolute atomic E-state index is 0.0526. The first-order chi connectivity index (χ1) is 11.4. The number of benzene rings is 2. The Labute approximate surface area is 138 Å². The molecule has 0 aliphatic rings. The number of hydrazone groups is 1. The van der Waals surface area contributed by atoms with E-state index < -0.39 is 20.6 Å². The monoisotopic (exact) mass is 346 g/mol. The van der Waals surface area contributed by atoms with Crippen LogP contribution in [0.2, 0.25) is 0 Å². The fourth-order valence-electron chi connectivity index (χ4n) is 1.80. The third kappa shape index (κ3) is 4.73. The van der Waals surface area contributed by atoms with Crippen molar-refractivity contribution < 1.29 is 13.3 Å². The van der Waals surface area contributed by atoms with Gasteiger partial charge in [0.2, 0.25) is 10.0 Å². The van der Waals surface area contributed by atoms with Gasteiger partial charge in [-0.05, 0) is 23.8 Å². The Morgan fingerprint density at radius 3 is 2.50 bits per heavy atom. The molecule has 24 heavy (non-hydrogen) atoms. The highest BCUT2D eigenvalue weighted by molar-refractivity contribution is 7.89. The first-order valence-corrected chi connectivity index (χ1v) is 8.24. The van der Waals surface area contributed by atoms with Crippen LogP contribution in [0.5, 0.6) is 0 Å². The number of sulfonamides is 1. The summed E-state index contributed by atoms with van der Waals surface area (Å²) < 4.78 is 22.5. The second-order valence-electron chi connectivity index (χ2n) is 4.64. The summed E-state index contributed by atoms with van der Waals surface area (Å²) in [4.78, 5) is 9.98. The first kappa shape index (κ1) is 17.3. The number of nitrogens with zero attached hydrogens (tertiary/aromatic N) is 2. The van der Waals surface area contributed by atoms with Crippen LogP contribution in [0.1, 0.15) is 5.56 Å². The van der Waals surface area contributed by atoms with E-state index in [2.05, 4.69) is 10.5 Å². The summed E-state index contributed by atoms with van der Waals surface area (Å²) in [6.07, 6.45) is 4.89. The van der Waals surface area contributed by atoms with Gasteiger partial charge >= 0.3 is 0 Å². The van der Waals surface area contributed by atoms with Gasteiger partial charge in [0.1, 0.15) is 5.69 Å². The molecule has 0 unspecified atom stereocenters. The zero-order chi connectivity index (χ0) is 17.6. The zero-order valence-electron chi connectivity index (χ0n) is 12.4. The van der Waals surface area contributed by atoms with E-state index in [1.165, 1.54) is 18.3 Å². The van der Waals surface area contributed by atoms with E-state index in [1.54, 1.807) is 6.08 Å². The highest BCUT2D eigenvalue weighted by atomic mass is 32.2. The SMILES string of the molecule is NS(=O)(=O)c1ccc(N/N=C\C=C\c2ccccc2)c([N+](=O)[O-])c1. The maximum atomic E-state index is 11.2. The molecule has 2 aromatic rings. The molecule has 2 aromatic carbocycles. The summed E-state index contributed by atoms with van der Waals surface area (Å²) >= 11 is 0. The van der Waals surface area contributed by atoms with Crippen LogP contribution in [-0.2, 0) is 10.0 Å². The van der Waals surface area contributed by atoms with Crippen LogP contribution in [0.15, 0.2) is 64.6 Å². The third-order valence-electron chi connectivity index (χ3n) is 2.93. The van der Waals surface area contributed by atoms with E-state index in [-0.39, 0.29) is 10.6 Å². The molecule has 9 heteroatoms. The van der Waals surface area contributed by atoms with Crippen molar-refractivity contribution in [1.82, 2.24) is 0 Å². The first-order valence-electron chi connectivity index (χ1n) is 6.70. The van der Waals surface area contributed by atoms with Crippen molar-refractivity contribution in [3.8, 4) is 0 Å². The smallest absolute Gasteiger partial charge is 0.272 e. The molecule has 8 nitrogen and oxygen atoms in total. The highest BCUT2D eigenvalue weighted by Crippen LogP contribution is 2.27. The minimum atomic E-state index is -4.02. The molecule has 0 aliphatic carbocycles. The molecule has 0 aromatic heterocycles. The summed E-state index contributed by atoms with van der Waals surface area (Å²) in [6, 6.07) is 12.8. The van der Waals surface area contributed by atoms with Gasteiger partial charge in [0.05, 0.1) is 9.82 Å². The van der Waals surface area contributed by atoms with Crippen molar-refractivity contribution in [3.63, 3.8) is 0 Å². The van der Waals surface area contributed by atoms with E-state index in [9.17, 15) is 18.5 Å². The van der Waals surface area contributed by atoms with Gasteiger partial charge in [0.15, 0.2) is 0 Å². The molecule has 0 spiro atoms. The van der Waals surface area contributed by atoms with Gasteiger partial charge in [-0.1, -0.05) is 36.4 Å². The quantitative estimate of drug-likeness (QED) is 0.471. The Morgan fingerprint density at radius 1 is 1.17 bits per heavy atom. The molecule has 0 heterocycles. The van der Waals surface area contributed by atoms with Crippen molar-refractivity contribution in [1.29, 1.82) is 0 Å². The molecular weight excluding hydrogens is 332 g/mol. The molecule has 3 N–H and O–H groups in total. The van der Waals surface area contributed by atoms with E-state index >= 15 is 0 Å². The maximum Gasteiger partial charge on any atom is 0.295 e. The Hall–Kier alpha value is -3.04. The van der Waals surface area contributed by atoms with Crippen LogP contribution in [0.25, 0.3) is 6.08 Å². The Kier molecular flexibility index (Phi) is 5.40. The van der Waals surface area contributed by atoms with Crippen molar-refractivity contribution >= 4 is 33.7 Å². The molecule has 0 atom stereocenters. The van der Waals surface area contributed by atoms with Crippen molar-refractivity contribution in [2.75, 3.05) is 5.43 Å².